The Morgan fingerprint density at radius 2 is 1.94 bits per heavy atom. The molecule has 0 aliphatic heterocycles. The standard InChI is InChI=1S/C11H11N3O3S/c12-11-9(17-8-3-2-6-14-7-8)4-1-5-10(11)18(13,15)16/h1-7H,12H2,(H2,13,15,16). The predicted molar refractivity (Wildman–Crippen MR) is 66.5 cm³/mol. The molecule has 18 heavy (non-hydrogen) atoms. The SMILES string of the molecule is Nc1c(Oc2cccnc2)cccc1S(N)(=O)=O. The maximum Gasteiger partial charge on any atom is 0.240 e. The van der Waals surface area contributed by atoms with E-state index in [0.717, 1.165) is 0 Å². The van der Waals surface area contributed by atoms with Crippen molar-refractivity contribution in [2.24, 2.45) is 5.14 Å². The summed E-state index contributed by atoms with van der Waals surface area (Å²) in [7, 11) is -3.87. The van der Waals surface area contributed by atoms with E-state index in [1.54, 1.807) is 24.4 Å². The summed E-state index contributed by atoms with van der Waals surface area (Å²) >= 11 is 0. The third kappa shape index (κ3) is 2.58. The van der Waals surface area contributed by atoms with Crippen molar-refractivity contribution >= 4 is 15.7 Å². The molecule has 0 fully saturated rings. The zero-order chi connectivity index (χ0) is 13.2. The van der Waals surface area contributed by atoms with Crippen molar-refractivity contribution in [3.63, 3.8) is 0 Å². The van der Waals surface area contributed by atoms with Gasteiger partial charge in [-0.15, -0.1) is 0 Å². The Morgan fingerprint density at radius 1 is 1.17 bits per heavy atom. The Hall–Kier alpha value is -2.12. The highest BCUT2D eigenvalue weighted by Gasteiger charge is 2.15. The van der Waals surface area contributed by atoms with Crippen molar-refractivity contribution in [3.8, 4) is 11.5 Å². The van der Waals surface area contributed by atoms with Crippen molar-refractivity contribution in [2.45, 2.75) is 4.90 Å². The van der Waals surface area contributed by atoms with Crippen molar-refractivity contribution < 1.29 is 13.2 Å². The van der Waals surface area contributed by atoms with Gasteiger partial charge in [-0.2, -0.15) is 0 Å². The maximum absolute atomic E-state index is 11.3. The van der Waals surface area contributed by atoms with Crippen molar-refractivity contribution in [1.82, 2.24) is 4.98 Å². The summed E-state index contributed by atoms with van der Waals surface area (Å²) in [5.41, 5.74) is 5.69. The minimum Gasteiger partial charge on any atom is -0.454 e. The van der Waals surface area contributed by atoms with E-state index in [4.69, 9.17) is 15.6 Å². The second kappa shape index (κ2) is 4.63. The number of para-hydroxylation sites is 1. The lowest BCUT2D eigenvalue weighted by atomic mass is 10.3. The molecule has 1 aromatic heterocycles. The van der Waals surface area contributed by atoms with Gasteiger partial charge in [0.25, 0.3) is 0 Å². The number of primary sulfonamides is 1. The lowest BCUT2D eigenvalue weighted by Gasteiger charge is -2.10. The number of nitrogens with two attached hydrogens (primary N) is 2. The van der Waals surface area contributed by atoms with Gasteiger partial charge in [0.1, 0.15) is 10.6 Å². The number of rotatable bonds is 3. The van der Waals surface area contributed by atoms with Gasteiger partial charge in [0, 0.05) is 6.20 Å². The van der Waals surface area contributed by atoms with Crippen LogP contribution in [0.15, 0.2) is 47.6 Å². The summed E-state index contributed by atoms with van der Waals surface area (Å²) in [5.74, 6) is 0.672. The Labute approximate surface area is 104 Å². The Bertz CT molecular complexity index is 656. The summed E-state index contributed by atoms with van der Waals surface area (Å²) in [6.07, 6.45) is 3.08. The van der Waals surface area contributed by atoms with Gasteiger partial charge in [0.05, 0.1) is 11.9 Å². The van der Waals surface area contributed by atoms with E-state index in [2.05, 4.69) is 4.98 Å². The lowest BCUT2D eigenvalue weighted by molar-refractivity contribution is 0.481. The number of aromatic nitrogens is 1. The first-order chi connectivity index (χ1) is 8.48. The molecule has 6 nitrogen and oxygen atoms in total. The monoisotopic (exact) mass is 265 g/mol. The molecule has 1 heterocycles. The van der Waals surface area contributed by atoms with Crippen LogP contribution in [0.2, 0.25) is 0 Å². The minimum atomic E-state index is -3.87. The molecular formula is C11H11N3O3S. The number of anilines is 1. The first kappa shape index (κ1) is 12.3. The molecule has 2 aromatic rings. The molecule has 0 aliphatic carbocycles. The Balaban J connectivity index is 2.42. The highest BCUT2D eigenvalue weighted by molar-refractivity contribution is 7.89. The number of sulfonamides is 1. The largest absolute Gasteiger partial charge is 0.454 e. The topological polar surface area (TPSA) is 108 Å². The second-order valence-electron chi connectivity index (χ2n) is 3.50. The van der Waals surface area contributed by atoms with Gasteiger partial charge in [-0.1, -0.05) is 6.07 Å². The molecule has 0 atom stereocenters. The average molecular weight is 265 g/mol. The fourth-order valence-corrected chi connectivity index (χ4v) is 2.07. The molecule has 0 saturated carbocycles. The van der Waals surface area contributed by atoms with Crippen LogP contribution in [-0.4, -0.2) is 13.4 Å². The van der Waals surface area contributed by atoms with Gasteiger partial charge in [0.2, 0.25) is 10.0 Å². The number of pyridine rings is 1. The summed E-state index contributed by atoms with van der Waals surface area (Å²) in [4.78, 5) is 3.71. The zero-order valence-electron chi connectivity index (χ0n) is 9.28. The van der Waals surface area contributed by atoms with Crippen molar-refractivity contribution in [3.05, 3.63) is 42.7 Å². The predicted octanol–water partition coefficient (Wildman–Crippen LogP) is 1.10. The fourth-order valence-electron chi connectivity index (χ4n) is 1.40. The number of nitrogens with zero attached hydrogens (tertiary/aromatic N) is 1. The lowest BCUT2D eigenvalue weighted by Crippen LogP contribution is -2.14. The molecule has 0 saturated heterocycles. The molecule has 1 aromatic carbocycles. The quantitative estimate of drug-likeness (QED) is 0.808. The second-order valence-corrected chi connectivity index (χ2v) is 5.03. The van der Waals surface area contributed by atoms with Crippen LogP contribution in [0.3, 0.4) is 0 Å². The van der Waals surface area contributed by atoms with Gasteiger partial charge < -0.3 is 10.5 Å². The summed E-state index contributed by atoms with van der Waals surface area (Å²) < 4.78 is 28.0. The summed E-state index contributed by atoms with van der Waals surface area (Å²) in [6, 6.07) is 7.74. The molecule has 0 radical (unpaired) electrons. The first-order valence-electron chi connectivity index (χ1n) is 4.97. The molecule has 0 aliphatic rings. The van der Waals surface area contributed by atoms with Crippen LogP contribution < -0.4 is 15.6 Å². The van der Waals surface area contributed by atoms with Gasteiger partial charge in [-0.05, 0) is 24.3 Å². The smallest absolute Gasteiger partial charge is 0.240 e. The number of ether oxygens (including phenoxy) is 1. The normalized spacial score (nSPS) is 11.2. The van der Waals surface area contributed by atoms with Gasteiger partial charge in [-0.25, -0.2) is 13.6 Å². The molecular weight excluding hydrogens is 254 g/mol. The van der Waals surface area contributed by atoms with E-state index >= 15 is 0 Å². The van der Waals surface area contributed by atoms with Gasteiger partial charge in [-0.3, -0.25) is 4.98 Å². The van der Waals surface area contributed by atoms with E-state index in [1.807, 2.05) is 0 Å². The van der Waals surface area contributed by atoms with Gasteiger partial charge >= 0.3 is 0 Å². The van der Waals surface area contributed by atoms with Crippen LogP contribution >= 0.6 is 0 Å². The van der Waals surface area contributed by atoms with Crippen LogP contribution in [0.1, 0.15) is 0 Å². The first-order valence-corrected chi connectivity index (χ1v) is 6.52. The molecule has 2 rings (SSSR count). The highest BCUT2D eigenvalue weighted by Crippen LogP contribution is 2.31. The molecule has 0 spiro atoms. The van der Waals surface area contributed by atoms with E-state index < -0.39 is 10.0 Å². The molecule has 4 N–H and O–H groups in total. The van der Waals surface area contributed by atoms with Crippen LogP contribution in [-0.2, 0) is 10.0 Å². The summed E-state index contributed by atoms with van der Waals surface area (Å²) in [5, 5.41) is 5.04. The third-order valence-electron chi connectivity index (χ3n) is 2.19. The number of nitrogen functional groups attached to an aromatic ring is 1. The van der Waals surface area contributed by atoms with E-state index in [0.29, 0.717) is 5.75 Å². The number of benzene rings is 1. The molecule has 7 heteroatoms. The molecule has 0 unspecified atom stereocenters. The molecule has 94 valence electrons. The number of hydrogen-bond donors (Lipinski definition) is 2. The van der Waals surface area contributed by atoms with Crippen LogP contribution in [0.5, 0.6) is 11.5 Å². The minimum absolute atomic E-state index is 0.0242. The molecule has 0 bridgehead atoms. The van der Waals surface area contributed by atoms with Gasteiger partial charge in [0.15, 0.2) is 5.75 Å². The Kier molecular flexibility index (Phi) is 3.17. The van der Waals surface area contributed by atoms with Crippen LogP contribution in [0, 0.1) is 0 Å². The summed E-state index contributed by atoms with van der Waals surface area (Å²) in [6.45, 7) is 0. The van der Waals surface area contributed by atoms with E-state index in [9.17, 15) is 8.42 Å². The van der Waals surface area contributed by atoms with E-state index in [1.165, 1.54) is 18.3 Å². The average Bonchev–Trinajstić information content (AvgIpc) is 2.32. The van der Waals surface area contributed by atoms with Crippen molar-refractivity contribution in [2.75, 3.05) is 5.73 Å². The van der Waals surface area contributed by atoms with E-state index in [-0.39, 0.29) is 16.3 Å². The van der Waals surface area contributed by atoms with Crippen molar-refractivity contribution in [1.29, 1.82) is 0 Å². The zero-order valence-corrected chi connectivity index (χ0v) is 10.1. The maximum atomic E-state index is 11.3. The Morgan fingerprint density at radius 3 is 2.56 bits per heavy atom. The highest BCUT2D eigenvalue weighted by atomic mass is 32.2. The van der Waals surface area contributed by atoms with Crippen LogP contribution in [0.4, 0.5) is 5.69 Å². The third-order valence-corrected chi connectivity index (χ3v) is 3.16. The molecule has 0 amide bonds. The fraction of sp³-hybridized carbons (Fsp3) is 0. The number of hydrogen-bond acceptors (Lipinski definition) is 5. The van der Waals surface area contributed by atoms with Crippen LogP contribution in [0.25, 0.3) is 0 Å².